The second-order valence-electron chi connectivity index (χ2n) is 7.10. The van der Waals surface area contributed by atoms with Crippen molar-refractivity contribution in [3.05, 3.63) is 53.2 Å². The third-order valence-electron chi connectivity index (χ3n) is 5.67. The number of hydrogen-bond donors (Lipinski definition) is 0. The standard InChI is InChI=1S/C19H24N4/c1-13-9-20-21-19(14(13)2)23-11-16-10-22(3)18(17(16)12-23)15-7-5-4-6-8-15/h4-9,16-18H,10-12H2,1-3H3/t16-,17+,18-/m0/s1. The highest BCUT2D eigenvalue weighted by molar-refractivity contribution is 5.49. The number of aromatic nitrogens is 2. The van der Waals surface area contributed by atoms with Crippen LogP contribution >= 0.6 is 0 Å². The number of rotatable bonds is 2. The van der Waals surface area contributed by atoms with E-state index in [0.29, 0.717) is 17.9 Å². The summed E-state index contributed by atoms with van der Waals surface area (Å²) in [7, 11) is 2.26. The first-order valence-electron chi connectivity index (χ1n) is 8.44. The lowest BCUT2D eigenvalue weighted by atomic mass is 9.90. The van der Waals surface area contributed by atoms with Crippen LogP contribution in [0.5, 0.6) is 0 Å². The molecule has 4 rings (SSSR count). The van der Waals surface area contributed by atoms with Crippen LogP contribution in [0.25, 0.3) is 0 Å². The molecule has 1 aromatic heterocycles. The van der Waals surface area contributed by atoms with Crippen molar-refractivity contribution in [2.75, 3.05) is 31.6 Å². The van der Waals surface area contributed by atoms with Crippen molar-refractivity contribution in [1.29, 1.82) is 0 Å². The van der Waals surface area contributed by atoms with E-state index in [0.717, 1.165) is 18.9 Å². The van der Waals surface area contributed by atoms with Gasteiger partial charge in [-0.25, -0.2) is 0 Å². The summed E-state index contributed by atoms with van der Waals surface area (Å²) in [5, 5.41) is 8.60. The molecule has 0 aliphatic carbocycles. The van der Waals surface area contributed by atoms with Crippen LogP contribution in [0.1, 0.15) is 22.7 Å². The van der Waals surface area contributed by atoms with E-state index in [9.17, 15) is 0 Å². The molecule has 3 atom stereocenters. The van der Waals surface area contributed by atoms with Gasteiger partial charge in [-0.1, -0.05) is 30.3 Å². The van der Waals surface area contributed by atoms with Crippen molar-refractivity contribution in [3.8, 4) is 0 Å². The molecule has 2 saturated heterocycles. The molecule has 0 N–H and O–H groups in total. The number of likely N-dealkylation sites (tertiary alicyclic amines) is 1. The van der Waals surface area contributed by atoms with Crippen LogP contribution in [0.15, 0.2) is 36.5 Å². The Bertz CT molecular complexity index is 700. The maximum atomic E-state index is 4.43. The van der Waals surface area contributed by atoms with Crippen molar-refractivity contribution in [1.82, 2.24) is 15.1 Å². The number of anilines is 1. The minimum atomic E-state index is 0.518. The molecule has 0 radical (unpaired) electrons. The van der Waals surface area contributed by atoms with Gasteiger partial charge >= 0.3 is 0 Å². The first-order chi connectivity index (χ1) is 11.1. The van der Waals surface area contributed by atoms with Crippen molar-refractivity contribution < 1.29 is 0 Å². The van der Waals surface area contributed by atoms with Crippen LogP contribution in [0.2, 0.25) is 0 Å². The minimum absolute atomic E-state index is 0.518. The van der Waals surface area contributed by atoms with E-state index in [-0.39, 0.29) is 0 Å². The highest BCUT2D eigenvalue weighted by Gasteiger charge is 2.46. The van der Waals surface area contributed by atoms with E-state index in [1.165, 1.54) is 23.2 Å². The first-order valence-corrected chi connectivity index (χ1v) is 8.44. The largest absolute Gasteiger partial charge is 0.354 e. The quantitative estimate of drug-likeness (QED) is 0.854. The summed E-state index contributed by atoms with van der Waals surface area (Å²) >= 11 is 0. The lowest BCUT2D eigenvalue weighted by molar-refractivity contribution is 0.279. The fraction of sp³-hybridized carbons (Fsp3) is 0.474. The predicted octanol–water partition coefficient (Wildman–Crippen LogP) is 2.83. The van der Waals surface area contributed by atoms with E-state index in [2.05, 4.69) is 71.2 Å². The minimum Gasteiger partial charge on any atom is -0.354 e. The van der Waals surface area contributed by atoms with Crippen LogP contribution in [-0.4, -0.2) is 41.8 Å². The zero-order valence-electron chi connectivity index (χ0n) is 14.1. The molecule has 0 amide bonds. The van der Waals surface area contributed by atoms with E-state index in [4.69, 9.17) is 0 Å². The topological polar surface area (TPSA) is 32.3 Å². The molecule has 2 fully saturated rings. The van der Waals surface area contributed by atoms with Gasteiger partial charge in [-0.3, -0.25) is 4.90 Å². The molecular formula is C19H24N4. The molecule has 2 aliphatic rings. The molecule has 0 unspecified atom stereocenters. The molecule has 1 aromatic carbocycles. The van der Waals surface area contributed by atoms with E-state index in [1.807, 2.05) is 6.20 Å². The summed E-state index contributed by atoms with van der Waals surface area (Å²) in [6.45, 7) is 7.61. The Hall–Kier alpha value is -1.94. The average Bonchev–Trinajstić information content (AvgIpc) is 3.07. The summed E-state index contributed by atoms with van der Waals surface area (Å²) in [5.74, 6) is 2.46. The van der Waals surface area contributed by atoms with Crippen LogP contribution in [0.4, 0.5) is 5.82 Å². The molecule has 0 spiro atoms. The third-order valence-corrected chi connectivity index (χ3v) is 5.67. The number of aryl methyl sites for hydroxylation is 1. The zero-order chi connectivity index (χ0) is 16.0. The van der Waals surface area contributed by atoms with E-state index >= 15 is 0 Å². The number of nitrogens with zero attached hydrogens (tertiary/aromatic N) is 4. The summed E-state index contributed by atoms with van der Waals surface area (Å²) in [5.41, 5.74) is 3.93. The Kier molecular flexibility index (Phi) is 3.57. The molecular weight excluding hydrogens is 284 g/mol. The Morgan fingerprint density at radius 3 is 2.61 bits per heavy atom. The molecule has 0 bridgehead atoms. The number of fused-ring (bicyclic) bond motifs is 1. The fourth-order valence-corrected chi connectivity index (χ4v) is 4.40. The molecule has 120 valence electrons. The van der Waals surface area contributed by atoms with Gasteiger partial charge in [-0.15, -0.1) is 5.10 Å². The van der Waals surface area contributed by atoms with Gasteiger partial charge in [0.15, 0.2) is 5.82 Å². The van der Waals surface area contributed by atoms with Crippen LogP contribution in [0.3, 0.4) is 0 Å². The summed E-state index contributed by atoms with van der Waals surface area (Å²) in [4.78, 5) is 4.98. The van der Waals surface area contributed by atoms with Crippen molar-refractivity contribution in [3.63, 3.8) is 0 Å². The van der Waals surface area contributed by atoms with Crippen molar-refractivity contribution >= 4 is 5.82 Å². The van der Waals surface area contributed by atoms with Crippen LogP contribution in [-0.2, 0) is 0 Å². The smallest absolute Gasteiger partial charge is 0.154 e. The third kappa shape index (κ3) is 2.41. The van der Waals surface area contributed by atoms with Gasteiger partial charge in [0.1, 0.15) is 0 Å². The fourth-order valence-electron chi connectivity index (χ4n) is 4.40. The number of benzene rings is 1. The molecule has 0 saturated carbocycles. The van der Waals surface area contributed by atoms with Gasteiger partial charge in [0.2, 0.25) is 0 Å². The Labute approximate surface area is 138 Å². The van der Waals surface area contributed by atoms with E-state index < -0.39 is 0 Å². The highest BCUT2D eigenvalue weighted by atomic mass is 15.3. The van der Waals surface area contributed by atoms with Crippen molar-refractivity contribution in [2.45, 2.75) is 19.9 Å². The maximum absolute atomic E-state index is 4.43. The summed E-state index contributed by atoms with van der Waals surface area (Å²) in [6.07, 6.45) is 1.86. The Morgan fingerprint density at radius 2 is 1.83 bits per heavy atom. The molecule has 3 heterocycles. The van der Waals surface area contributed by atoms with Gasteiger partial charge in [-0.2, -0.15) is 5.10 Å². The normalized spacial score (nSPS) is 27.4. The summed E-state index contributed by atoms with van der Waals surface area (Å²) in [6, 6.07) is 11.5. The van der Waals surface area contributed by atoms with Crippen LogP contribution in [0, 0.1) is 25.7 Å². The molecule has 4 heteroatoms. The second-order valence-corrected chi connectivity index (χ2v) is 7.10. The monoisotopic (exact) mass is 308 g/mol. The molecule has 2 aliphatic heterocycles. The van der Waals surface area contributed by atoms with Crippen LogP contribution < -0.4 is 4.90 Å². The zero-order valence-corrected chi connectivity index (χ0v) is 14.1. The molecule has 4 nitrogen and oxygen atoms in total. The second kappa shape index (κ2) is 5.60. The number of hydrogen-bond acceptors (Lipinski definition) is 4. The van der Waals surface area contributed by atoms with E-state index in [1.54, 1.807) is 0 Å². The average molecular weight is 308 g/mol. The SMILES string of the molecule is Cc1cnnc(N2C[C@@H]3CN(C)[C@@H](c4ccccc4)[C@@H]3C2)c1C. The van der Waals surface area contributed by atoms with Gasteiger partial charge in [0.25, 0.3) is 0 Å². The first kappa shape index (κ1) is 14.6. The van der Waals surface area contributed by atoms with Gasteiger partial charge in [0, 0.05) is 31.6 Å². The van der Waals surface area contributed by atoms with Crippen molar-refractivity contribution in [2.24, 2.45) is 11.8 Å². The lowest BCUT2D eigenvalue weighted by Crippen LogP contribution is -2.30. The van der Waals surface area contributed by atoms with Gasteiger partial charge < -0.3 is 4.90 Å². The Morgan fingerprint density at radius 1 is 1.04 bits per heavy atom. The predicted molar refractivity (Wildman–Crippen MR) is 92.5 cm³/mol. The molecule has 23 heavy (non-hydrogen) atoms. The maximum Gasteiger partial charge on any atom is 0.154 e. The highest BCUT2D eigenvalue weighted by Crippen LogP contribution is 2.45. The Balaban J connectivity index is 1.62. The molecule has 2 aromatic rings. The van der Waals surface area contributed by atoms with Gasteiger partial charge in [0.05, 0.1) is 6.20 Å². The lowest BCUT2D eigenvalue weighted by Gasteiger charge is -2.27. The summed E-state index contributed by atoms with van der Waals surface area (Å²) < 4.78 is 0. The van der Waals surface area contributed by atoms with Gasteiger partial charge in [-0.05, 0) is 43.5 Å².